The molecule has 0 saturated carbocycles. The molecule has 0 spiro atoms. The zero-order valence-corrected chi connectivity index (χ0v) is 6.47. The van der Waals surface area contributed by atoms with E-state index in [1.807, 2.05) is 12.2 Å². The Morgan fingerprint density at radius 1 is 1.58 bits per heavy atom. The van der Waals surface area contributed by atoms with Crippen LogP contribution in [-0.2, 0) is 4.74 Å². The van der Waals surface area contributed by atoms with Gasteiger partial charge < -0.3 is 14.8 Å². The van der Waals surface area contributed by atoms with Gasteiger partial charge in [-0.25, -0.2) is 4.98 Å². The Labute approximate surface area is 69.9 Å². The van der Waals surface area contributed by atoms with Gasteiger partial charge in [0.15, 0.2) is 0 Å². The van der Waals surface area contributed by atoms with Gasteiger partial charge in [-0.15, -0.1) is 0 Å². The van der Waals surface area contributed by atoms with Crippen LogP contribution in [-0.4, -0.2) is 27.8 Å². The molecule has 12 heavy (non-hydrogen) atoms. The predicted octanol–water partition coefficient (Wildman–Crippen LogP) is 0.398. The first-order valence-electron chi connectivity index (χ1n) is 3.83. The van der Waals surface area contributed by atoms with Gasteiger partial charge in [-0.2, -0.15) is 0 Å². The van der Waals surface area contributed by atoms with Crippen molar-refractivity contribution < 1.29 is 9.84 Å². The summed E-state index contributed by atoms with van der Waals surface area (Å²) in [6, 6.07) is 0. The van der Waals surface area contributed by atoms with E-state index in [1.165, 1.54) is 0 Å². The first kappa shape index (κ1) is 7.52. The molecule has 2 atom stereocenters. The molecule has 0 bridgehead atoms. The smallest absolute Gasteiger partial charge is 0.118 e. The molecule has 2 rings (SSSR count). The number of aromatic nitrogens is 2. The molecule has 1 aromatic heterocycles. The number of rotatable bonds is 2. The highest BCUT2D eigenvalue weighted by atomic mass is 16.5. The van der Waals surface area contributed by atoms with Crippen molar-refractivity contribution in [2.45, 2.75) is 12.2 Å². The lowest BCUT2D eigenvalue weighted by molar-refractivity contribution is 0.0236. The standard InChI is InChI=1S/C8H10N2O2/c11-4-6-1-2-8(12-6)7-3-9-5-10-7/h1-3,5-6,8,11H,4H2,(H,9,10)/t6-,8-/m1/s1. The number of H-pyrrole nitrogens is 1. The number of aliphatic hydroxyl groups excluding tert-OH is 1. The van der Waals surface area contributed by atoms with Crippen LogP contribution in [0.4, 0.5) is 0 Å². The van der Waals surface area contributed by atoms with Crippen LogP contribution in [0.3, 0.4) is 0 Å². The molecule has 1 aromatic rings. The molecule has 4 heteroatoms. The Hall–Kier alpha value is -1.13. The van der Waals surface area contributed by atoms with Gasteiger partial charge in [0.05, 0.1) is 24.8 Å². The molecule has 2 heterocycles. The summed E-state index contributed by atoms with van der Waals surface area (Å²) < 4.78 is 5.42. The van der Waals surface area contributed by atoms with Crippen molar-refractivity contribution in [3.63, 3.8) is 0 Å². The lowest BCUT2D eigenvalue weighted by Gasteiger charge is -2.09. The van der Waals surface area contributed by atoms with E-state index in [-0.39, 0.29) is 18.8 Å². The van der Waals surface area contributed by atoms with Crippen LogP contribution in [0, 0.1) is 0 Å². The molecular formula is C8H10N2O2. The van der Waals surface area contributed by atoms with E-state index in [0.29, 0.717) is 0 Å². The van der Waals surface area contributed by atoms with Crippen molar-refractivity contribution in [3.05, 3.63) is 30.4 Å². The van der Waals surface area contributed by atoms with E-state index in [2.05, 4.69) is 9.97 Å². The number of nitrogens with one attached hydrogen (secondary N) is 1. The molecule has 2 N–H and O–H groups in total. The number of hydrogen-bond donors (Lipinski definition) is 2. The molecule has 0 aliphatic carbocycles. The fourth-order valence-corrected chi connectivity index (χ4v) is 1.21. The monoisotopic (exact) mass is 166 g/mol. The summed E-state index contributed by atoms with van der Waals surface area (Å²) in [5.41, 5.74) is 0.919. The third-order valence-corrected chi connectivity index (χ3v) is 1.83. The van der Waals surface area contributed by atoms with Gasteiger partial charge in [-0.3, -0.25) is 0 Å². The Morgan fingerprint density at radius 3 is 3.08 bits per heavy atom. The number of ether oxygens (including phenoxy) is 1. The minimum Gasteiger partial charge on any atom is -0.393 e. The first-order chi connectivity index (χ1) is 5.90. The second-order valence-corrected chi connectivity index (χ2v) is 2.67. The summed E-state index contributed by atoms with van der Waals surface area (Å²) in [5, 5.41) is 8.78. The molecule has 0 fully saturated rings. The van der Waals surface area contributed by atoms with Crippen molar-refractivity contribution in [2.24, 2.45) is 0 Å². The Morgan fingerprint density at radius 2 is 2.50 bits per heavy atom. The van der Waals surface area contributed by atoms with Gasteiger partial charge in [0.2, 0.25) is 0 Å². The van der Waals surface area contributed by atoms with E-state index in [0.717, 1.165) is 5.69 Å². The average Bonchev–Trinajstić information content (AvgIpc) is 2.75. The third kappa shape index (κ3) is 1.26. The van der Waals surface area contributed by atoms with Crippen LogP contribution in [0.5, 0.6) is 0 Å². The molecule has 0 saturated heterocycles. The summed E-state index contributed by atoms with van der Waals surface area (Å²) >= 11 is 0. The fraction of sp³-hybridized carbons (Fsp3) is 0.375. The second-order valence-electron chi connectivity index (χ2n) is 2.67. The minimum absolute atomic E-state index is 0.0289. The third-order valence-electron chi connectivity index (χ3n) is 1.83. The molecule has 0 radical (unpaired) electrons. The fourth-order valence-electron chi connectivity index (χ4n) is 1.21. The number of aromatic amines is 1. The maximum absolute atomic E-state index is 8.78. The number of imidazole rings is 1. The quantitative estimate of drug-likeness (QED) is 0.625. The van der Waals surface area contributed by atoms with Crippen molar-refractivity contribution in [2.75, 3.05) is 6.61 Å². The van der Waals surface area contributed by atoms with Gasteiger partial charge in [0, 0.05) is 0 Å². The first-order valence-corrected chi connectivity index (χ1v) is 3.83. The van der Waals surface area contributed by atoms with Crippen molar-refractivity contribution in [1.29, 1.82) is 0 Å². The Balaban J connectivity index is 2.06. The molecule has 4 nitrogen and oxygen atoms in total. The lowest BCUT2D eigenvalue weighted by atomic mass is 10.3. The summed E-state index contributed by atoms with van der Waals surface area (Å²) in [4.78, 5) is 6.84. The summed E-state index contributed by atoms with van der Waals surface area (Å²) in [6.07, 6.45) is 6.84. The number of nitrogens with zero attached hydrogens (tertiary/aromatic N) is 1. The highest BCUT2D eigenvalue weighted by Crippen LogP contribution is 2.24. The van der Waals surface area contributed by atoms with Crippen LogP contribution in [0.15, 0.2) is 24.7 Å². The zero-order chi connectivity index (χ0) is 8.39. The molecule has 0 unspecified atom stereocenters. The molecule has 0 aromatic carbocycles. The summed E-state index contributed by atoms with van der Waals surface area (Å²) in [6.45, 7) is 0.0289. The lowest BCUT2D eigenvalue weighted by Crippen LogP contribution is -2.11. The van der Waals surface area contributed by atoms with Crippen molar-refractivity contribution in [3.8, 4) is 0 Å². The van der Waals surface area contributed by atoms with Crippen LogP contribution in [0.2, 0.25) is 0 Å². The maximum atomic E-state index is 8.78. The summed E-state index contributed by atoms with van der Waals surface area (Å²) in [5.74, 6) is 0. The normalized spacial score (nSPS) is 28.1. The highest BCUT2D eigenvalue weighted by molar-refractivity contribution is 5.13. The van der Waals surface area contributed by atoms with E-state index in [9.17, 15) is 0 Å². The van der Waals surface area contributed by atoms with Crippen LogP contribution < -0.4 is 0 Å². The Bertz CT molecular complexity index is 269. The van der Waals surface area contributed by atoms with Gasteiger partial charge in [-0.05, 0) is 0 Å². The highest BCUT2D eigenvalue weighted by Gasteiger charge is 2.20. The van der Waals surface area contributed by atoms with E-state index < -0.39 is 0 Å². The molecule has 0 amide bonds. The van der Waals surface area contributed by atoms with Gasteiger partial charge in [0.1, 0.15) is 12.2 Å². The number of aliphatic hydroxyl groups is 1. The molecular weight excluding hydrogens is 156 g/mol. The van der Waals surface area contributed by atoms with E-state index in [4.69, 9.17) is 9.84 Å². The SMILES string of the molecule is OC[C@H]1C=C[C@H](c2cnc[nH]2)O1. The van der Waals surface area contributed by atoms with E-state index in [1.54, 1.807) is 12.5 Å². The van der Waals surface area contributed by atoms with Crippen LogP contribution in [0.1, 0.15) is 11.8 Å². The molecule has 64 valence electrons. The van der Waals surface area contributed by atoms with Crippen molar-refractivity contribution in [1.82, 2.24) is 9.97 Å². The van der Waals surface area contributed by atoms with Crippen LogP contribution in [0.25, 0.3) is 0 Å². The summed E-state index contributed by atoms with van der Waals surface area (Å²) in [7, 11) is 0. The average molecular weight is 166 g/mol. The maximum Gasteiger partial charge on any atom is 0.118 e. The molecule has 1 aliphatic rings. The van der Waals surface area contributed by atoms with E-state index >= 15 is 0 Å². The zero-order valence-electron chi connectivity index (χ0n) is 6.47. The Kier molecular flexibility index (Phi) is 1.93. The van der Waals surface area contributed by atoms with Crippen LogP contribution >= 0.6 is 0 Å². The largest absolute Gasteiger partial charge is 0.393 e. The topological polar surface area (TPSA) is 58.1 Å². The molecule has 1 aliphatic heterocycles. The number of hydrogen-bond acceptors (Lipinski definition) is 3. The van der Waals surface area contributed by atoms with Gasteiger partial charge in [0.25, 0.3) is 0 Å². The second kappa shape index (κ2) is 3.08. The van der Waals surface area contributed by atoms with Gasteiger partial charge >= 0.3 is 0 Å². The van der Waals surface area contributed by atoms with Crippen molar-refractivity contribution >= 4 is 0 Å². The van der Waals surface area contributed by atoms with Gasteiger partial charge in [-0.1, -0.05) is 12.2 Å². The predicted molar refractivity (Wildman–Crippen MR) is 42.4 cm³/mol. The minimum atomic E-state index is -0.168.